The molecule has 0 aromatic carbocycles. The fraction of sp³-hybridized carbons (Fsp3) is 0.474. The van der Waals surface area contributed by atoms with Crippen molar-refractivity contribution in [2.45, 2.75) is 51.5 Å². The Bertz CT molecular complexity index is 1040. The standard InChI is InChI=1S/C19H25N5O2S2/c1-10-12(3)28-19-16(10)18(26)22-15(23-19)9-27-13(4)17(25)20-7-5-6-14-8-21-24-11(14)2/h8,13H,5-7,9H2,1-4H3,(H,20,25)(H,21,24)(H,22,23,26). The lowest BCUT2D eigenvalue weighted by Gasteiger charge is -2.11. The van der Waals surface area contributed by atoms with E-state index in [1.165, 1.54) is 28.7 Å². The Hall–Kier alpha value is -2.13. The molecule has 1 atom stereocenters. The summed E-state index contributed by atoms with van der Waals surface area (Å²) >= 11 is 3.00. The van der Waals surface area contributed by atoms with Crippen LogP contribution >= 0.6 is 23.1 Å². The van der Waals surface area contributed by atoms with Crippen LogP contribution in [-0.4, -0.2) is 37.9 Å². The summed E-state index contributed by atoms with van der Waals surface area (Å²) in [5.41, 5.74) is 3.14. The van der Waals surface area contributed by atoms with Crippen LogP contribution in [0.1, 0.15) is 40.9 Å². The lowest BCUT2D eigenvalue weighted by Crippen LogP contribution is -2.32. The van der Waals surface area contributed by atoms with Crippen molar-refractivity contribution in [1.29, 1.82) is 0 Å². The summed E-state index contributed by atoms with van der Waals surface area (Å²) < 4.78 is 0. The SMILES string of the molecule is Cc1[nH]ncc1CCCNC(=O)C(C)SCc1nc2sc(C)c(C)c2c(=O)[nH]1. The number of aromatic amines is 2. The number of rotatable bonds is 8. The normalized spacial score (nSPS) is 12.4. The maximum Gasteiger partial charge on any atom is 0.259 e. The maximum absolute atomic E-state index is 12.3. The van der Waals surface area contributed by atoms with Crippen LogP contribution in [0.15, 0.2) is 11.0 Å². The summed E-state index contributed by atoms with van der Waals surface area (Å²) in [5, 5.41) is 10.3. The number of amides is 1. The first kappa shape index (κ1) is 20.6. The van der Waals surface area contributed by atoms with E-state index in [4.69, 9.17) is 0 Å². The van der Waals surface area contributed by atoms with Gasteiger partial charge >= 0.3 is 0 Å². The Morgan fingerprint density at radius 3 is 2.86 bits per heavy atom. The first-order chi connectivity index (χ1) is 13.4. The zero-order chi connectivity index (χ0) is 20.3. The molecule has 0 radical (unpaired) electrons. The number of hydrogen-bond donors (Lipinski definition) is 3. The van der Waals surface area contributed by atoms with Crippen molar-refractivity contribution < 1.29 is 4.79 Å². The summed E-state index contributed by atoms with van der Waals surface area (Å²) in [6, 6.07) is 0. The Balaban J connectivity index is 1.48. The second kappa shape index (κ2) is 8.91. The largest absolute Gasteiger partial charge is 0.355 e. The summed E-state index contributed by atoms with van der Waals surface area (Å²) in [6.07, 6.45) is 3.58. The van der Waals surface area contributed by atoms with Gasteiger partial charge in [-0.15, -0.1) is 23.1 Å². The highest BCUT2D eigenvalue weighted by Gasteiger charge is 2.16. The first-order valence-corrected chi connectivity index (χ1v) is 11.1. The van der Waals surface area contributed by atoms with E-state index in [1.807, 2.05) is 33.9 Å². The van der Waals surface area contributed by atoms with E-state index in [-0.39, 0.29) is 16.7 Å². The Labute approximate surface area is 171 Å². The molecule has 7 nitrogen and oxygen atoms in total. The molecular formula is C19H25N5O2S2. The molecule has 3 rings (SSSR count). The van der Waals surface area contributed by atoms with E-state index in [2.05, 4.69) is 25.5 Å². The van der Waals surface area contributed by atoms with Gasteiger partial charge in [-0.25, -0.2) is 4.98 Å². The molecule has 0 aliphatic rings. The van der Waals surface area contributed by atoms with Crippen molar-refractivity contribution in [2.24, 2.45) is 0 Å². The molecule has 0 aliphatic heterocycles. The molecule has 3 N–H and O–H groups in total. The van der Waals surface area contributed by atoms with E-state index < -0.39 is 0 Å². The average molecular weight is 420 g/mol. The van der Waals surface area contributed by atoms with E-state index in [0.717, 1.165) is 33.8 Å². The van der Waals surface area contributed by atoms with Crippen LogP contribution in [-0.2, 0) is 17.0 Å². The van der Waals surface area contributed by atoms with Crippen LogP contribution in [0.4, 0.5) is 0 Å². The van der Waals surface area contributed by atoms with E-state index >= 15 is 0 Å². The molecule has 0 saturated carbocycles. The molecule has 0 spiro atoms. The number of thioether (sulfide) groups is 1. The third-order valence-electron chi connectivity index (χ3n) is 4.78. The summed E-state index contributed by atoms with van der Waals surface area (Å²) in [6.45, 7) is 8.43. The van der Waals surface area contributed by atoms with Gasteiger partial charge in [-0.1, -0.05) is 0 Å². The fourth-order valence-electron chi connectivity index (χ4n) is 2.91. The van der Waals surface area contributed by atoms with Gasteiger partial charge in [-0.3, -0.25) is 14.7 Å². The molecule has 9 heteroatoms. The maximum atomic E-state index is 12.3. The van der Waals surface area contributed by atoms with Crippen molar-refractivity contribution in [2.75, 3.05) is 6.54 Å². The van der Waals surface area contributed by atoms with Crippen LogP contribution in [0.25, 0.3) is 10.2 Å². The van der Waals surface area contributed by atoms with Gasteiger partial charge in [0.25, 0.3) is 5.56 Å². The van der Waals surface area contributed by atoms with Crippen molar-refractivity contribution in [3.8, 4) is 0 Å². The Morgan fingerprint density at radius 2 is 2.14 bits per heavy atom. The molecule has 0 fully saturated rings. The van der Waals surface area contributed by atoms with Crippen molar-refractivity contribution in [1.82, 2.24) is 25.5 Å². The lowest BCUT2D eigenvalue weighted by molar-refractivity contribution is -0.120. The smallest absolute Gasteiger partial charge is 0.259 e. The highest BCUT2D eigenvalue weighted by atomic mass is 32.2. The molecule has 0 bridgehead atoms. The van der Waals surface area contributed by atoms with E-state index in [1.54, 1.807) is 0 Å². The van der Waals surface area contributed by atoms with Crippen LogP contribution < -0.4 is 10.9 Å². The van der Waals surface area contributed by atoms with E-state index in [0.29, 0.717) is 23.5 Å². The molecule has 3 aromatic rings. The molecule has 150 valence electrons. The average Bonchev–Trinajstić information content (AvgIpc) is 3.19. The van der Waals surface area contributed by atoms with Crippen molar-refractivity contribution >= 4 is 39.2 Å². The fourth-order valence-corrected chi connectivity index (χ4v) is 4.74. The highest BCUT2D eigenvalue weighted by Crippen LogP contribution is 2.26. The minimum atomic E-state index is -0.219. The van der Waals surface area contributed by atoms with Crippen molar-refractivity contribution in [3.05, 3.63) is 44.1 Å². The van der Waals surface area contributed by atoms with Gasteiger partial charge in [0.05, 0.1) is 22.6 Å². The Morgan fingerprint density at radius 1 is 1.36 bits per heavy atom. The van der Waals surface area contributed by atoms with Gasteiger partial charge in [0.15, 0.2) is 0 Å². The molecule has 1 amide bonds. The first-order valence-electron chi connectivity index (χ1n) is 9.24. The predicted molar refractivity (Wildman–Crippen MR) is 115 cm³/mol. The van der Waals surface area contributed by atoms with Gasteiger partial charge < -0.3 is 10.3 Å². The quantitative estimate of drug-likeness (QED) is 0.487. The molecule has 3 aromatic heterocycles. The number of nitrogens with zero attached hydrogens (tertiary/aromatic N) is 2. The molecule has 3 heterocycles. The number of carbonyl (C=O) groups is 1. The number of thiophene rings is 1. The van der Waals surface area contributed by atoms with Crippen molar-refractivity contribution in [3.63, 3.8) is 0 Å². The van der Waals surface area contributed by atoms with Crippen LogP contribution in [0.5, 0.6) is 0 Å². The third-order valence-corrected chi connectivity index (χ3v) is 7.04. The topological polar surface area (TPSA) is 104 Å². The number of aromatic nitrogens is 4. The van der Waals surface area contributed by atoms with Crippen LogP contribution in [0, 0.1) is 20.8 Å². The Kier molecular flexibility index (Phi) is 6.56. The number of nitrogens with one attached hydrogen (secondary N) is 3. The minimum Gasteiger partial charge on any atom is -0.355 e. The second-order valence-corrected chi connectivity index (χ2v) is 9.38. The zero-order valence-corrected chi connectivity index (χ0v) is 18.1. The number of carbonyl (C=O) groups excluding carboxylic acids is 1. The molecule has 1 unspecified atom stereocenters. The van der Waals surface area contributed by atoms with Crippen LogP contribution in [0.3, 0.4) is 0 Å². The molecule has 28 heavy (non-hydrogen) atoms. The number of aryl methyl sites for hydroxylation is 4. The van der Waals surface area contributed by atoms with Gasteiger partial charge in [-0.2, -0.15) is 5.10 Å². The predicted octanol–water partition coefficient (Wildman–Crippen LogP) is 3.00. The zero-order valence-electron chi connectivity index (χ0n) is 16.5. The van der Waals surface area contributed by atoms with Gasteiger partial charge in [0.1, 0.15) is 10.7 Å². The summed E-state index contributed by atoms with van der Waals surface area (Å²) in [7, 11) is 0. The molecule has 0 saturated heterocycles. The minimum absolute atomic E-state index is 0.000142. The van der Waals surface area contributed by atoms with Gasteiger partial charge in [0.2, 0.25) is 5.91 Å². The van der Waals surface area contributed by atoms with Gasteiger partial charge in [-0.05, 0) is 51.7 Å². The number of H-pyrrole nitrogens is 2. The lowest BCUT2D eigenvalue weighted by atomic mass is 10.1. The number of fused-ring (bicyclic) bond motifs is 1. The highest BCUT2D eigenvalue weighted by molar-refractivity contribution is 7.99. The second-order valence-electron chi connectivity index (χ2n) is 6.84. The molecule has 0 aliphatic carbocycles. The van der Waals surface area contributed by atoms with E-state index in [9.17, 15) is 9.59 Å². The summed E-state index contributed by atoms with van der Waals surface area (Å²) in [5.74, 6) is 1.10. The van der Waals surface area contributed by atoms with Gasteiger partial charge in [0, 0.05) is 17.1 Å². The molecular weight excluding hydrogens is 394 g/mol. The third kappa shape index (κ3) is 4.64. The van der Waals surface area contributed by atoms with Crippen LogP contribution in [0.2, 0.25) is 0 Å². The summed E-state index contributed by atoms with van der Waals surface area (Å²) in [4.78, 5) is 33.9. The number of hydrogen-bond acceptors (Lipinski definition) is 6. The monoisotopic (exact) mass is 419 g/mol.